The molecule has 0 saturated heterocycles. The summed E-state index contributed by atoms with van der Waals surface area (Å²) in [5.74, 6) is -0.821. The number of benzene rings is 1. The van der Waals surface area contributed by atoms with Gasteiger partial charge in [-0.2, -0.15) is 0 Å². The first-order valence-corrected chi connectivity index (χ1v) is 9.44. The second-order valence-electron chi connectivity index (χ2n) is 5.12. The fourth-order valence-electron chi connectivity index (χ4n) is 2.09. The predicted octanol–water partition coefficient (Wildman–Crippen LogP) is 5.27. The quantitative estimate of drug-likeness (QED) is 0.579. The summed E-state index contributed by atoms with van der Waals surface area (Å²) < 4.78 is 13.2. The van der Waals surface area contributed by atoms with Crippen LogP contribution in [0.2, 0.25) is 5.02 Å². The number of thiazole rings is 1. The van der Waals surface area contributed by atoms with E-state index in [1.54, 1.807) is 23.6 Å². The fraction of sp³-hybridized carbons (Fsp3) is 0.118. The van der Waals surface area contributed by atoms with Crippen molar-refractivity contribution in [3.63, 3.8) is 0 Å². The second kappa shape index (κ2) is 7.86. The van der Waals surface area contributed by atoms with E-state index in [-0.39, 0.29) is 29.6 Å². The number of ketones is 1. The van der Waals surface area contributed by atoms with Crippen LogP contribution in [0.15, 0.2) is 41.1 Å². The number of thiophene rings is 1. The smallest absolute Gasteiger partial charge is 0.226 e. The number of halogens is 2. The molecule has 0 atom stereocenters. The van der Waals surface area contributed by atoms with Crippen molar-refractivity contribution in [3.05, 3.63) is 56.8 Å². The van der Waals surface area contributed by atoms with Gasteiger partial charge >= 0.3 is 0 Å². The first kappa shape index (κ1) is 17.7. The molecule has 2 aromatic heterocycles. The predicted molar refractivity (Wildman–Crippen MR) is 99.0 cm³/mol. The van der Waals surface area contributed by atoms with E-state index in [2.05, 4.69) is 10.3 Å². The highest BCUT2D eigenvalue weighted by Gasteiger charge is 2.12. The lowest BCUT2D eigenvalue weighted by atomic mass is 10.2. The number of rotatable bonds is 6. The number of amides is 1. The minimum absolute atomic E-state index is 0.0168. The molecule has 2 heterocycles. The summed E-state index contributed by atoms with van der Waals surface area (Å²) in [4.78, 5) is 28.8. The van der Waals surface area contributed by atoms with E-state index < -0.39 is 5.82 Å². The van der Waals surface area contributed by atoms with E-state index in [4.69, 9.17) is 11.6 Å². The molecule has 0 aliphatic heterocycles. The van der Waals surface area contributed by atoms with E-state index in [0.717, 1.165) is 0 Å². The van der Waals surface area contributed by atoms with Gasteiger partial charge in [0.05, 0.1) is 15.6 Å². The van der Waals surface area contributed by atoms with Crippen LogP contribution in [-0.2, 0) is 4.79 Å². The third-order valence-electron chi connectivity index (χ3n) is 3.34. The van der Waals surface area contributed by atoms with Gasteiger partial charge in [0, 0.05) is 23.8 Å². The van der Waals surface area contributed by atoms with Gasteiger partial charge in [-0.15, -0.1) is 22.7 Å². The molecule has 1 amide bonds. The third-order valence-corrected chi connectivity index (χ3v) is 5.30. The molecule has 0 bridgehead atoms. The molecule has 3 rings (SSSR count). The van der Waals surface area contributed by atoms with Gasteiger partial charge in [0.2, 0.25) is 5.91 Å². The maximum absolute atomic E-state index is 13.2. The molecular formula is C17H12ClFN2O2S2. The number of aromatic nitrogens is 1. The minimum atomic E-state index is -0.496. The summed E-state index contributed by atoms with van der Waals surface area (Å²) >= 11 is 8.38. The molecular weight excluding hydrogens is 383 g/mol. The summed E-state index contributed by atoms with van der Waals surface area (Å²) in [6.45, 7) is 0. The van der Waals surface area contributed by atoms with Crippen molar-refractivity contribution in [2.24, 2.45) is 0 Å². The van der Waals surface area contributed by atoms with Gasteiger partial charge in [0.25, 0.3) is 0 Å². The van der Waals surface area contributed by atoms with Crippen LogP contribution in [-0.4, -0.2) is 16.7 Å². The van der Waals surface area contributed by atoms with Gasteiger partial charge in [-0.25, -0.2) is 9.37 Å². The number of hydrogen-bond acceptors (Lipinski definition) is 5. The van der Waals surface area contributed by atoms with Gasteiger partial charge < -0.3 is 5.32 Å². The number of carbonyl (C=O) groups excluding carboxylic acids is 2. The lowest BCUT2D eigenvalue weighted by Gasteiger charge is -2.01. The summed E-state index contributed by atoms with van der Waals surface area (Å²) in [7, 11) is 0. The van der Waals surface area contributed by atoms with Crippen LogP contribution >= 0.6 is 34.3 Å². The monoisotopic (exact) mass is 394 g/mol. The highest BCUT2D eigenvalue weighted by atomic mass is 35.5. The fourth-order valence-corrected chi connectivity index (χ4v) is 3.70. The maximum Gasteiger partial charge on any atom is 0.226 e. The number of nitrogens with zero attached hydrogens (tertiary/aromatic N) is 1. The molecule has 1 N–H and O–H groups in total. The van der Waals surface area contributed by atoms with Crippen molar-refractivity contribution in [1.29, 1.82) is 0 Å². The number of hydrogen-bond donors (Lipinski definition) is 1. The van der Waals surface area contributed by atoms with Gasteiger partial charge in [0.15, 0.2) is 10.9 Å². The summed E-state index contributed by atoms with van der Waals surface area (Å²) in [6.07, 6.45) is 0.242. The second-order valence-corrected chi connectivity index (χ2v) is 7.33. The first-order chi connectivity index (χ1) is 12.0. The van der Waals surface area contributed by atoms with E-state index in [1.165, 1.54) is 34.8 Å². The minimum Gasteiger partial charge on any atom is -0.302 e. The summed E-state index contributed by atoms with van der Waals surface area (Å²) in [6, 6.07) is 7.87. The zero-order valence-corrected chi connectivity index (χ0v) is 15.2. The highest BCUT2D eigenvalue weighted by Crippen LogP contribution is 2.28. The number of carbonyl (C=O) groups is 2. The Balaban J connectivity index is 1.58. The molecule has 1 aromatic carbocycles. The summed E-state index contributed by atoms with van der Waals surface area (Å²) in [5, 5.41) is 6.68. The van der Waals surface area contributed by atoms with E-state index in [0.29, 0.717) is 21.3 Å². The lowest BCUT2D eigenvalue weighted by Crippen LogP contribution is -2.13. The summed E-state index contributed by atoms with van der Waals surface area (Å²) in [5.41, 5.74) is 1.26. The van der Waals surface area contributed by atoms with Gasteiger partial charge in [-0.1, -0.05) is 17.7 Å². The van der Waals surface area contributed by atoms with Crippen molar-refractivity contribution in [1.82, 2.24) is 4.98 Å². The normalized spacial score (nSPS) is 10.6. The van der Waals surface area contributed by atoms with E-state index in [1.807, 2.05) is 5.38 Å². The Labute approximate surface area is 156 Å². The first-order valence-electron chi connectivity index (χ1n) is 7.30. The van der Waals surface area contributed by atoms with Gasteiger partial charge in [-0.3, -0.25) is 9.59 Å². The molecule has 128 valence electrons. The number of anilines is 1. The topological polar surface area (TPSA) is 59.1 Å². The van der Waals surface area contributed by atoms with Crippen molar-refractivity contribution in [2.45, 2.75) is 12.8 Å². The Bertz CT molecular complexity index is 909. The lowest BCUT2D eigenvalue weighted by molar-refractivity contribution is -0.116. The number of nitrogens with one attached hydrogen (secondary N) is 1. The SMILES string of the molecule is O=C(CCC(=O)c1cccs1)Nc1nc(-c2ccc(F)c(Cl)c2)cs1. The Morgan fingerprint density at radius 2 is 2.04 bits per heavy atom. The zero-order chi connectivity index (χ0) is 17.8. The molecule has 8 heteroatoms. The molecule has 3 aromatic rings. The Morgan fingerprint density at radius 3 is 2.76 bits per heavy atom. The Morgan fingerprint density at radius 1 is 1.20 bits per heavy atom. The maximum atomic E-state index is 13.2. The van der Waals surface area contributed by atoms with Gasteiger partial charge in [-0.05, 0) is 29.6 Å². The van der Waals surface area contributed by atoms with Crippen molar-refractivity contribution < 1.29 is 14.0 Å². The zero-order valence-electron chi connectivity index (χ0n) is 12.8. The largest absolute Gasteiger partial charge is 0.302 e. The Kier molecular flexibility index (Phi) is 5.57. The molecule has 0 spiro atoms. The van der Waals surface area contributed by atoms with E-state index in [9.17, 15) is 14.0 Å². The van der Waals surface area contributed by atoms with Crippen LogP contribution in [0.4, 0.5) is 9.52 Å². The van der Waals surface area contributed by atoms with Gasteiger partial charge in [0.1, 0.15) is 5.82 Å². The molecule has 0 fully saturated rings. The highest BCUT2D eigenvalue weighted by molar-refractivity contribution is 7.14. The van der Waals surface area contributed by atoms with Crippen molar-refractivity contribution in [2.75, 3.05) is 5.32 Å². The van der Waals surface area contributed by atoms with Crippen molar-refractivity contribution in [3.8, 4) is 11.3 Å². The van der Waals surface area contributed by atoms with Crippen LogP contribution < -0.4 is 5.32 Å². The van der Waals surface area contributed by atoms with Crippen LogP contribution in [0.25, 0.3) is 11.3 Å². The average Bonchev–Trinajstić information content (AvgIpc) is 3.27. The number of Topliss-reactive ketones (excluding diaryl/α,β-unsaturated/α-hetero) is 1. The molecule has 25 heavy (non-hydrogen) atoms. The molecule has 0 aliphatic rings. The van der Waals surface area contributed by atoms with Crippen LogP contribution in [0.5, 0.6) is 0 Å². The molecule has 0 saturated carbocycles. The molecule has 0 unspecified atom stereocenters. The van der Waals surface area contributed by atoms with Crippen molar-refractivity contribution >= 4 is 51.1 Å². The average molecular weight is 395 g/mol. The van der Waals surface area contributed by atoms with Crippen LogP contribution in [0.1, 0.15) is 22.5 Å². The standard InChI is InChI=1S/C17H12ClFN2O2S2/c18-11-8-10(3-4-12(11)19)13-9-25-17(20-13)21-16(23)6-5-14(22)15-2-1-7-24-15/h1-4,7-9H,5-6H2,(H,20,21,23). The molecule has 4 nitrogen and oxygen atoms in total. The molecule has 0 radical (unpaired) electrons. The third kappa shape index (κ3) is 4.50. The Hall–Kier alpha value is -2.09. The molecule has 0 aliphatic carbocycles. The van der Waals surface area contributed by atoms with Crippen LogP contribution in [0.3, 0.4) is 0 Å². The van der Waals surface area contributed by atoms with Crippen LogP contribution in [0, 0.1) is 5.82 Å². The van der Waals surface area contributed by atoms with E-state index >= 15 is 0 Å².